The zero-order chi connectivity index (χ0) is 14.3. The van der Waals surface area contributed by atoms with Crippen molar-refractivity contribution in [1.29, 1.82) is 0 Å². The Bertz CT molecular complexity index is 382. The fourth-order valence-corrected chi connectivity index (χ4v) is 2.08. The molecule has 0 saturated heterocycles. The van der Waals surface area contributed by atoms with Crippen LogP contribution >= 0.6 is 0 Å². The average molecular weight is 267 g/mol. The molecule has 0 aliphatic carbocycles. The molecular weight excluding hydrogens is 242 g/mol. The van der Waals surface area contributed by atoms with Gasteiger partial charge in [-0.3, -0.25) is 0 Å². The van der Waals surface area contributed by atoms with Crippen LogP contribution in [0.2, 0.25) is 0 Å². The molecule has 19 heavy (non-hydrogen) atoms. The average Bonchev–Trinajstić information content (AvgIpc) is 2.47. The Morgan fingerprint density at radius 1 is 1.11 bits per heavy atom. The van der Waals surface area contributed by atoms with E-state index in [-0.39, 0.29) is 12.1 Å². The lowest BCUT2D eigenvalue weighted by Crippen LogP contribution is -2.19. The van der Waals surface area contributed by atoms with E-state index in [4.69, 9.17) is 14.2 Å². The third kappa shape index (κ3) is 4.40. The molecule has 2 unspecified atom stereocenters. The molecular formula is C15H25NO3. The molecule has 0 aromatic heterocycles. The third-order valence-corrected chi connectivity index (χ3v) is 3.43. The molecule has 0 spiro atoms. The van der Waals surface area contributed by atoms with E-state index in [1.165, 1.54) is 0 Å². The molecule has 1 aromatic rings. The van der Waals surface area contributed by atoms with E-state index in [9.17, 15) is 0 Å². The molecule has 0 saturated carbocycles. The second-order valence-corrected chi connectivity index (χ2v) is 4.57. The Morgan fingerprint density at radius 3 is 2.37 bits per heavy atom. The maximum Gasteiger partial charge on any atom is 0.127 e. The second-order valence-electron chi connectivity index (χ2n) is 4.57. The summed E-state index contributed by atoms with van der Waals surface area (Å²) >= 11 is 0. The van der Waals surface area contributed by atoms with Gasteiger partial charge in [-0.25, -0.2) is 0 Å². The van der Waals surface area contributed by atoms with Gasteiger partial charge in [0.15, 0.2) is 0 Å². The van der Waals surface area contributed by atoms with Gasteiger partial charge in [0, 0.05) is 24.8 Å². The number of nitrogens with one attached hydrogen (secondary N) is 1. The Morgan fingerprint density at radius 2 is 1.84 bits per heavy atom. The van der Waals surface area contributed by atoms with E-state index in [0.717, 1.165) is 29.9 Å². The van der Waals surface area contributed by atoms with Crippen molar-refractivity contribution in [2.24, 2.45) is 0 Å². The Labute approximate surface area is 116 Å². The number of benzene rings is 1. The fourth-order valence-electron chi connectivity index (χ4n) is 2.08. The van der Waals surface area contributed by atoms with Crippen LogP contribution in [0.1, 0.15) is 31.4 Å². The Hall–Kier alpha value is -1.26. The van der Waals surface area contributed by atoms with E-state index in [2.05, 4.69) is 18.3 Å². The maximum atomic E-state index is 5.45. The summed E-state index contributed by atoms with van der Waals surface area (Å²) in [6.45, 7) is 2.08. The molecule has 0 bridgehead atoms. The molecule has 0 radical (unpaired) electrons. The van der Waals surface area contributed by atoms with Crippen LogP contribution in [0.3, 0.4) is 0 Å². The largest absolute Gasteiger partial charge is 0.497 e. The summed E-state index contributed by atoms with van der Waals surface area (Å²) in [5.74, 6) is 1.66. The second kappa shape index (κ2) is 8.02. The highest BCUT2D eigenvalue weighted by Crippen LogP contribution is 2.31. The molecule has 2 atom stereocenters. The molecule has 0 aliphatic heterocycles. The van der Waals surface area contributed by atoms with Crippen molar-refractivity contribution in [2.45, 2.75) is 31.9 Å². The van der Waals surface area contributed by atoms with Gasteiger partial charge in [0.1, 0.15) is 11.5 Å². The molecule has 0 amide bonds. The molecule has 4 heteroatoms. The smallest absolute Gasteiger partial charge is 0.127 e. The quantitative estimate of drug-likeness (QED) is 0.786. The molecule has 0 fully saturated rings. The standard InChI is InChI=1S/C15H25NO3/c1-11(17-3)6-9-14(16-2)13-8-7-12(18-4)10-15(13)19-5/h7-8,10-11,14,16H,6,9H2,1-5H3. The minimum atomic E-state index is 0.249. The van der Waals surface area contributed by atoms with Gasteiger partial charge in [-0.15, -0.1) is 0 Å². The van der Waals surface area contributed by atoms with Crippen LogP contribution in [0.5, 0.6) is 11.5 Å². The number of hydrogen-bond donors (Lipinski definition) is 1. The topological polar surface area (TPSA) is 39.7 Å². The van der Waals surface area contributed by atoms with Crippen LogP contribution in [-0.4, -0.2) is 34.5 Å². The number of ether oxygens (including phenoxy) is 3. The zero-order valence-electron chi connectivity index (χ0n) is 12.5. The first-order chi connectivity index (χ1) is 9.15. The van der Waals surface area contributed by atoms with Gasteiger partial charge in [-0.1, -0.05) is 6.07 Å². The van der Waals surface area contributed by atoms with Gasteiger partial charge in [0.05, 0.1) is 20.3 Å². The highest BCUT2D eigenvalue weighted by molar-refractivity contribution is 5.42. The summed E-state index contributed by atoms with van der Waals surface area (Å²) < 4.78 is 16.0. The number of methoxy groups -OCH3 is 3. The molecule has 0 heterocycles. The SMILES string of the molecule is CNC(CCC(C)OC)c1ccc(OC)cc1OC. The van der Waals surface area contributed by atoms with Crippen LogP contribution in [0, 0.1) is 0 Å². The summed E-state index contributed by atoms with van der Waals surface area (Å²) in [4.78, 5) is 0. The van der Waals surface area contributed by atoms with E-state index in [0.29, 0.717) is 0 Å². The Balaban J connectivity index is 2.85. The summed E-state index contributed by atoms with van der Waals surface area (Å²) in [5.41, 5.74) is 1.15. The molecule has 108 valence electrons. The van der Waals surface area contributed by atoms with Gasteiger partial charge in [-0.2, -0.15) is 0 Å². The monoisotopic (exact) mass is 267 g/mol. The lowest BCUT2D eigenvalue weighted by molar-refractivity contribution is 0.106. The Kier molecular flexibility index (Phi) is 6.67. The molecule has 1 rings (SSSR count). The van der Waals surface area contributed by atoms with Crippen molar-refractivity contribution >= 4 is 0 Å². The minimum Gasteiger partial charge on any atom is -0.497 e. The van der Waals surface area contributed by atoms with Crippen LogP contribution in [0.15, 0.2) is 18.2 Å². The molecule has 0 aliphatic rings. The van der Waals surface area contributed by atoms with E-state index < -0.39 is 0 Å². The molecule has 4 nitrogen and oxygen atoms in total. The minimum absolute atomic E-state index is 0.249. The van der Waals surface area contributed by atoms with Crippen molar-refractivity contribution in [3.8, 4) is 11.5 Å². The van der Waals surface area contributed by atoms with Gasteiger partial charge >= 0.3 is 0 Å². The van der Waals surface area contributed by atoms with Gasteiger partial charge in [-0.05, 0) is 32.9 Å². The van der Waals surface area contributed by atoms with Gasteiger partial charge in [0.2, 0.25) is 0 Å². The number of rotatable bonds is 8. The predicted octanol–water partition coefficient (Wildman–Crippen LogP) is 2.78. The van der Waals surface area contributed by atoms with E-state index in [1.807, 2.05) is 19.2 Å². The van der Waals surface area contributed by atoms with Crippen molar-refractivity contribution in [1.82, 2.24) is 5.32 Å². The third-order valence-electron chi connectivity index (χ3n) is 3.43. The predicted molar refractivity (Wildman–Crippen MR) is 77.1 cm³/mol. The lowest BCUT2D eigenvalue weighted by atomic mass is 9.99. The van der Waals surface area contributed by atoms with Gasteiger partial charge in [0.25, 0.3) is 0 Å². The van der Waals surface area contributed by atoms with Crippen molar-refractivity contribution in [3.63, 3.8) is 0 Å². The summed E-state index contributed by atoms with van der Waals surface area (Å²) in [6.07, 6.45) is 2.26. The summed E-state index contributed by atoms with van der Waals surface area (Å²) in [7, 11) is 7.05. The van der Waals surface area contributed by atoms with Crippen LogP contribution in [0.4, 0.5) is 0 Å². The zero-order valence-corrected chi connectivity index (χ0v) is 12.5. The highest BCUT2D eigenvalue weighted by Gasteiger charge is 2.16. The van der Waals surface area contributed by atoms with Crippen LogP contribution in [-0.2, 0) is 4.74 Å². The first-order valence-corrected chi connectivity index (χ1v) is 6.58. The van der Waals surface area contributed by atoms with Crippen molar-refractivity contribution < 1.29 is 14.2 Å². The van der Waals surface area contributed by atoms with Crippen LogP contribution < -0.4 is 14.8 Å². The van der Waals surface area contributed by atoms with Gasteiger partial charge < -0.3 is 19.5 Å². The normalized spacial score (nSPS) is 13.9. The summed E-state index contributed by atoms with van der Waals surface area (Å²) in [6, 6.07) is 6.18. The van der Waals surface area contributed by atoms with Crippen molar-refractivity contribution in [3.05, 3.63) is 23.8 Å². The number of hydrogen-bond acceptors (Lipinski definition) is 4. The van der Waals surface area contributed by atoms with E-state index >= 15 is 0 Å². The maximum absolute atomic E-state index is 5.45. The molecule has 1 N–H and O–H groups in total. The first kappa shape index (κ1) is 15.8. The van der Waals surface area contributed by atoms with E-state index in [1.54, 1.807) is 21.3 Å². The lowest BCUT2D eigenvalue weighted by Gasteiger charge is -2.21. The summed E-state index contributed by atoms with van der Waals surface area (Å²) in [5, 5.41) is 3.33. The first-order valence-electron chi connectivity index (χ1n) is 6.58. The highest BCUT2D eigenvalue weighted by atomic mass is 16.5. The van der Waals surface area contributed by atoms with Crippen molar-refractivity contribution in [2.75, 3.05) is 28.4 Å². The molecule has 1 aromatic carbocycles. The fraction of sp³-hybridized carbons (Fsp3) is 0.600. The van der Waals surface area contributed by atoms with Crippen LogP contribution in [0.25, 0.3) is 0 Å².